The third-order valence-electron chi connectivity index (χ3n) is 3.84. The minimum Gasteiger partial charge on any atom is -0.505 e. The van der Waals surface area contributed by atoms with Crippen molar-refractivity contribution in [2.75, 3.05) is 10.6 Å². The molecule has 25 heavy (non-hydrogen) atoms. The van der Waals surface area contributed by atoms with Crippen molar-refractivity contribution >= 4 is 39.8 Å². The first-order valence-electron chi connectivity index (χ1n) is 7.72. The molecule has 0 saturated carbocycles. The molecule has 0 aliphatic heterocycles. The number of phenolic OH excluding ortho intramolecular Hbond substituents is 1. The fourth-order valence-electron chi connectivity index (χ4n) is 2.64. The maximum Gasteiger partial charge on any atom is 0.323 e. The van der Waals surface area contributed by atoms with Gasteiger partial charge in [-0.15, -0.1) is 0 Å². The van der Waals surface area contributed by atoms with E-state index < -0.39 is 12.1 Å². The summed E-state index contributed by atoms with van der Waals surface area (Å²) >= 11 is 5.99. The van der Waals surface area contributed by atoms with Crippen molar-refractivity contribution in [2.24, 2.45) is 0 Å². The zero-order valence-corrected chi connectivity index (χ0v) is 14.2. The van der Waals surface area contributed by atoms with Crippen LogP contribution in [0.1, 0.15) is 18.6 Å². The normalized spacial score (nSPS) is 12.0. The van der Waals surface area contributed by atoms with Crippen LogP contribution in [0.2, 0.25) is 5.02 Å². The summed E-state index contributed by atoms with van der Waals surface area (Å²) in [4.78, 5) is 12.3. The third-order valence-corrected chi connectivity index (χ3v) is 4.06. The molecule has 2 amide bonds. The van der Waals surface area contributed by atoms with Crippen molar-refractivity contribution in [3.63, 3.8) is 0 Å². The van der Waals surface area contributed by atoms with Gasteiger partial charge in [-0.25, -0.2) is 4.79 Å². The van der Waals surface area contributed by atoms with E-state index in [1.807, 2.05) is 36.4 Å². The number of anilines is 2. The Hall–Kier alpha value is -2.76. The fourth-order valence-corrected chi connectivity index (χ4v) is 2.87. The highest BCUT2D eigenvalue weighted by Gasteiger charge is 2.15. The molecule has 3 rings (SSSR count). The Bertz CT molecular complexity index is 936. The number of aromatic hydroxyl groups is 1. The number of fused-ring (bicyclic) bond motifs is 1. The average Bonchev–Trinajstić information content (AvgIpc) is 2.58. The lowest BCUT2D eigenvalue weighted by Crippen LogP contribution is -2.20. The molecule has 3 aromatic carbocycles. The summed E-state index contributed by atoms with van der Waals surface area (Å²) in [5.41, 5.74) is 1.02. The highest BCUT2D eigenvalue weighted by atomic mass is 35.5. The van der Waals surface area contributed by atoms with Crippen molar-refractivity contribution in [3.05, 3.63) is 65.2 Å². The van der Waals surface area contributed by atoms with E-state index in [4.69, 9.17) is 11.6 Å². The highest BCUT2D eigenvalue weighted by Crippen LogP contribution is 2.35. The molecule has 0 aliphatic carbocycles. The maximum atomic E-state index is 12.3. The highest BCUT2D eigenvalue weighted by molar-refractivity contribution is 6.31. The molecule has 128 valence electrons. The number of aliphatic hydroxyl groups excluding tert-OH is 1. The van der Waals surface area contributed by atoms with Gasteiger partial charge in [-0.2, -0.15) is 0 Å². The van der Waals surface area contributed by atoms with Crippen molar-refractivity contribution in [1.82, 2.24) is 0 Å². The van der Waals surface area contributed by atoms with E-state index >= 15 is 0 Å². The molecule has 3 aromatic rings. The molecule has 0 aliphatic rings. The summed E-state index contributed by atoms with van der Waals surface area (Å²) in [7, 11) is 0. The van der Waals surface area contributed by atoms with Gasteiger partial charge in [0.05, 0.1) is 17.5 Å². The number of carbonyl (C=O) groups excluding carboxylic acids is 1. The molecule has 0 heterocycles. The van der Waals surface area contributed by atoms with E-state index in [9.17, 15) is 15.0 Å². The number of halogens is 1. The second-order valence-electron chi connectivity index (χ2n) is 5.67. The number of hydrogen-bond acceptors (Lipinski definition) is 3. The van der Waals surface area contributed by atoms with Crippen LogP contribution in [0, 0.1) is 0 Å². The van der Waals surface area contributed by atoms with Crippen LogP contribution in [0.4, 0.5) is 16.2 Å². The Balaban J connectivity index is 1.86. The summed E-state index contributed by atoms with van der Waals surface area (Å²) < 4.78 is 0. The molecule has 0 fully saturated rings. The molecule has 0 aromatic heterocycles. The number of carbonyl (C=O) groups is 1. The van der Waals surface area contributed by atoms with E-state index in [2.05, 4.69) is 10.6 Å². The summed E-state index contributed by atoms with van der Waals surface area (Å²) in [5, 5.41) is 27.4. The Labute approximate surface area is 149 Å². The Morgan fingerprint density at radius 1 is 1.04 bits per heavy atom. The van der Waals surface area contributed by atoms with Crippen LogP contribution in [0.3, 0.4) is 0 Å². The molecule has 0 radical (unpaired) electrons. The monoisotopic (exact) mass is 356 g/mol. The van der Waals surface area contributed by atoms with Gasteiger partial charge >= 0.3 is 6.03 Å². The van der Waals surface area contributed by atoms with Gasteiger partial charge in [0.1, 0.15) is 5.75 Å². The minimum absolute atomic E-state index is 0.126. The first kappa shape index (κ1) is 17.1. The van der Waals surface area contributed by atoms with Gasteiger partial charge in [-0.05, 0) is 30.5 Å². The summed E-state index contributed by atoms with van der Waals surface area (Å²) in [5.74, 6) is -0.215. The molecular formula is C19H17ClN2O3. The lowest BCUT2D eigenvalue weighted by molar-refractivity contribution is 0.195. The van der Waals surface area contributed by atoms with Gasteiger partial charge in [0.15, 0.2) is 0 Å². The van der Waals surface area contributed by atoms with Crippen LogP contribution >= 0.6 is 11.6 Å². The Morgan fingerprint density at radius 2 is 1.72 bits per heavy atom. The largest absolute Gasteiger partial charge is 0.505 e. The topological polar surface area (TPSA) is 81.6 Å². The van der Waals surface area contributed by atoms with E-state index in [1.54, 1.807) is 6.07 Å². The van der Waals surface area contributed by atoms with Gasteiger partial charge in [0.2, 0.25) is 0 Å². The SMILES string of the molecule is CC(O)c1cc(Cl)cc(NC(=O)Nc2cccc3ccccc23)c1O. The molecule has 1 atom stereocenters. The minimum atomic E-state index is -0.916. The number of phenols is 1. The number of amides is 2. The predicted octanol–water partition coefficient (Wildman–Crippen LogP) is 4.90. The van der Waals surface area contributed by atoms with E-state index in [0.717, 1.165) is 10.8 Å². The summed E-state index contributed by atoms with van der Waals surface area (Å²) in [6.07, 6.45) is -0.916. The van der Waals surface area contributed by atoms with E-state index in [0.29, 0.717) is 10.7 Å². The third kappa shape index (κ3) is 3.68. The number of aliphatic hydroxyl groups is 1. The van der Waals surface area contributed by atoms with Gasteiger partial charge < -0.3 is 20.8 Å². The summed E-state index contributed by atoms with van der Waals surface area (Å²) in [6, 6.07) is 15.6. The molecule has 0 spiro atoms. The van der Waals surface area contributed by atoms with Crippen molar-refractivity contribution in [3.8, 4) is 5.75 Å². The number of rotatable bonds is 3. The van der Waals surface area contributed by atoms with Crippen molar-refractivity contribution < 1.29 is 15.0 Å². The van der Waals surface area contributed by atoms with Crippen LogP contribution in [0.15, 0.2) is 54.6 Å². The lowest BCUT2D eigenvalue weighted by Gasteiger charge is -2.15. The van der Waals surface area contributed by atoms with E-state index in [-0.39, 0.29) is 17.0 Å². The predicted molar refractivity (Wildman–Crippen MR) is 100 cm³/mol. The fraction of sp³-hybridized carbons (Fsp3) is 0.105. The van der Waals surface area contributed by atoms with Crippen molar-refractivity contribution in [1.29, 1.82) is 0 Å². The Morgan fingerprint density at radius 3 is 2.48 bits per heavy atom. The van der Waals surface area contributed by atoms with Crippen LogP contribution < -0.4 is 10.6 Å². The zero-order chi connectivity index (χ0) is 18.0. The van der Waals surface area contributed by atoms with Gasteiger partial charge in [0.25, 0.3) is 0 Å². The molecule has 6 heteroatoms. The summed E-state index contributed by atoms with van der Waals surface area (Å²) in [6.45, 7) is 1.51. The number of urea groups is 1. The van der Waals surface area contributed by atoms with Crippen LogP contribution in [0.25, 0.3) is 10.8 Å². The smallest absolute Gasteiger partial charge is 0.323 e. The van der Waals surface area contributed by atoms with Crippen LogP contribution in [0.5, 0.6) is 5.75 Å². The quantitative estimate of drug-likeness (QED) is 0.504. The van der Waals surface area contributed by atoms with E-state index in [1.165, 1.54) is 19.1 Å². The molecule has 0 bridgehead atoms. The standard InChI is InChI=1S/C19H17ClN2O3/c1-11(23)15-9-13(20)10-17(18(15)24)22-19(25)21-16-8-4-6-12-5-2-3-7-14(12)16/h2-11,23-24H,1H3,(H2,21,22,25). The van der Waals surface area contributed by atoms with Crippen molar-refractivity contribution in [2.45, 2.75) is 13.0 Å². The second-order valence-corrected chi connectivity index (χ2v) is 6.11. The molecular weight excluding hydrogens is 340 g/mol. The Kier molecular flexibility index (Phi) is 4.79. The molecule has 4 N–H and O–H groups in total. The first-order chi connectivity index (χ1) is 12.0. The van der Waals surface area contributed by atoms with Gasteiger partial charge in [0, 0.05) is 16.0 Å². The zero-order valence-electron chi connectivity index (χ0n) is 13.5. The molecule has 5 nitrogen and oxygen atoms in total. The maximum absolute atomic E-state index is 12.3. The van der Waals surface area contributed by atoms with Crippen LogP contribution in [-0.2, 0) is 0 Å². The average molecular weight is 357 g/mol. The van der Waals surface area contributed by atoms with Crippen LogP contribution in [-0.4, -0.2) is 16.2 Å². The lowest BCUT2D eigenvalue weighted by atomic mass is 10.1. The number of hydrogen-bond donors (Lipinski definition) is 4. The molecule has 0 saturated heterocycles. The molecule has 1 unspecified atom stereocenters. The first-order valence-corrected chi connectivity index (χ1v) is 8.09. The second kappa shape index (κ2) is 7.01. The van der Waals surface area contributed by atoms with Gasteiger partial charge in [-0.1, -0.05) is 48.0 Å². The van der Waals surface area contributed by atoms with Gasteiger partial charge in [-0.3, -0.25) is 0 Å². The number of nitrogens with one attached hydrogen (secondary N) is 2. The number of benzene rings is 3.